The van der Waals surface area contributed by atoms with Crippen molar-refractivity contribution in [3.8, 4) is 0 Å². The fourth-order valence-corrected chi connectivity index (χ4v) is 1.29. The highest BCUT2D eigenvalue weighted by atomic mass is 16.4. The fraction of sp³-hybridized carbons (Fsp3) is 0.250. The highest BCUT2D eigenvalue weighted by molar-refractivity contribution is 5.94. The molecular formula is C12H15NO2. The summed E-state index contributed by atoms with van der Waals surface area (Å²) in [6, 6.07) is 5.08. The molecule has 0 fully saturated rings. The number of rotatable bonds is 3. The van der Waals surface area contributed by atoms with Gasteiger partial charge in [0.15, 0.2) is 0 Å². The van der Waals surface area contributed by atoms with E-state index in [1.165, 1.54) is 11.6 Å². The van der Waals surface area contributed by atoms with Crippen molar-refractivity contribution in [3.63, 3.8) is 0 Å². The zero-order valence-electron chi connectivity index (χ0n) is 8.95. The highest BCUT2D eigenvalue weighted by Gasteiger charge is 2.09. The molecule has 15 heavy (non-hydrogen) atoms. The minimum atomic E-state index is -0.980. The number of hydrogen-bond donors (Lipinski definition) is 2. The standard InChI is InChI=1S/C12H15NO2/c1-8(2)6-7-9-4-3-5-10(11(9)13)12(14)15/h3-6H,7,13H2,1-2H3,(H,14,15). The van der Waals surface area contributed by atoms with E-state index in [2.05, 4.69) is 0 Å². The number of anilines is 1. The van der Waals surface area contributed by atoms with Crippen LogP contribution >= 0.6 is 0 Å². The second-order valence-corrected chi connectivity index (χ2v) is 3.67. The molecule has 1 aromatic carbocycles. The molecule has 0 amide bonds. The predicted molar refractivity (Wildman–Crippen MR) is 60.9 cm³/mol. The van der Waals surface area contributed by atoms with Crippen LogP contribution < -0.4 is 5.73 Å². The van der Waals surface area contributed by atoms with Gasteiger partial charge >= 0.3 is 5.97 Å². The Labute approximate surface area is 89.2 Å². The molecule has 0 saturated carbocycles. The molecule has 0 aliphatic carbocycles. The number of allylic oxidation sites excluding steroid dienone is 2. The minimum Gasteiger partial charge on any atom is -0.478 e. The highest BCUT2D eigenvalue weighted by Crippen LogP contribution is 2.18. The second-order valence-electron chi connectivity index (χ2n) is 3.67. The Balaban J connectivity index is 3.05. The summed E-state index contributed by atoms with van der Waals surface area (Å²) in [7, 11) is 0. The summed E-state index contributed by atoms with van der Waals surface area (Å²) in [5.74, 6) is -0.980. The maximum absolute atomic E-state index is 10.8. The molecule has 0 bridgehead atoms. The molecule has 3 heteroatoms. The molecule has 0 aromatic heterocycles. The van der Waals surface area contributed by atoms with Crippen molar-refractivity contribution in [1.29, 1.82) is 0 Å². The Morgan fingerprint density at radius 2 is 2.13 bits per heavy atom. The molecule has 0 aliphatic rings. The van der Waals surface area contributed by atoms with E-state index in [4.69, 9.17) is 10.8 Å². The molecule has 1 aromatic rings. The summed E-state index contributed by atoms with van der Waals surface area (Å²) in [6.07, 6.45) is 2.70. The van der Waals surface area contributed by atoms with Crippen LogP contribution in [0.15, 0.2) is 29.8 Å². The summed E-state index contributed by atoms with van der Waals surface area (Å²) in [4.78, 5) is 10.8. The summed E-state index contributed by atoms with van der Waals surface area (Å²) in [6.45, 7) is 3.99. The quantitative estimate of drug-likeness (QED) is 0.588. The number of hydrogen-bond acceptors (Lipinski definition) is 2. The topological polar surface area (TPSA) is 63.3 Å². The molecule has 0 unspecified atom stereocenters. The van der Waals surface area contributed by atoms with Gasteiger partial charge in [-0.1, -0.05) is 23.8 Å². The summed E-state index contributed by atoms with van der Waals surface area (Å²) >= 11 is 0. The fourth-order valence-electron chi connectivity index (χ4n) is 1.29. The van der Waals surface area contributed by atoms with Gasteiger partial charge in [0, 0.05) is 5.69 Å². The zero-order valence-corrected chi connectivity index (χ0v) is 8.95. The lowest BCUT2D eigenvalue weighted by Crippen LogP contribution is -2.04. The van der Waals surface area contributed by atoms with Crippen LogP contribution in [-0.2, 0) is 6.42 Å². The van der Waals surface area contributed by atoms with Crippen LogP contribution in [0.3, 0.4) is 0 Å². The molecular weight excluding hydrogens is 190 g/mol. The Kier molecular flexibility index (Phi) is 3.50. The smallest absolute Gasteiger partial charge is 0.337 e. The number of nitrogen functional groups attached to an aromatic ring is 1. The van der Waals surface area contributed by atoms with Crippen molar-refractivity contribution in [2.75, 3.05) is 5.73 Å². The van der Waals surface area contributed by atoms with Gasteiger partial charge in [0.05, 0.1) is 5.56 Å². The van der Waals surface area contributed by atoms with Gasteiger partial charge in [-0.15, -0.1) is 0 Å². The van der Waals surface area contributed by atoms with Gasteiger partial charge in [-0.05, 0) is 31.9 Å². The summed E-state index contributed by atoms with van der Waals surface area (Å²) in [5, 5.41) is 8.87. The molecule has 0 aliphatic heterocycles. The first-order valence-corrected chi connectivity index (χ1v) is 4.76. The number of carbonyl (C=O) groups is 1. The minimum absolute atomic E-state index is 0.176. The number of carboxylic acid groups (broad SMARTS) is 1. The van der Waals surface area contributed by atoms with E-state index in [9.17, 15) is 4.79 Å². The van der Waals surface area contributed by atoms with E-state index in [0.29, 0.717) is 12.1 Å². The van der Waals surface area contributed by atoms with Gasteiger partial charge in [0.1, 0.15) is 0 Å². The summed E-state index contributed by atoms with van der Waals surface area (Å²) in [5.41, 5.74) is 8.35. The van der Waals surface area contributed by atoms with Crippen LogP contribution in [0.5, 0.6) is 0 Å². The number of aromatic carboxylic acids is 1. The number of benzene rings is 1. The number of para-hydroxylation sites is 1. The third kappa shape index (κ3) is 2.84. The van der Waals surface area contributed by atoms with Crippen LogP contribution in [-0.4, -0.2) is 11.1 Å². The SMILES string of the molecule is CC(C)=CCc1cccc(C(=O)O)c1N. The van der Waals surface area contributed by atoms with Gasteiger partial charge < -0.3 is 10.8 Å². The monoisotopic (exact) mass is 205 g/mol. The lowest BCUT2D eigenvalue weighted by atomic mass is 10.0. The Morgan fingerprint density at radius 3 is 2.67 bits per heavy atom. The lowest BCUT2D eigenvalue weighted by molar-refractivity contribution is 0.0698. The van der Waals surface area contributed by atoms with Crippen molar-refractivity contribution in [3.05, 3.63) is 41.0 Å². The molecule has 3 nitrogen and oxygen atoms in total. The van der Waals surface area contributed by atoms with Gasteiger partial charge in [0.25, 0.3) is 0 Å². The maximum atomic E-state index is 10.8. The second kappa shape index (κ2) is 4.64. The first-order chi connectivity index (χ1) is 7.02. The average Bonchev–Trinajstić information content (AvgIpc) is 2.15. The molecule has 0 radical (unpaired) electrons. The molecule has 0 spiro atoms. The summed E-state index contributed by atoms with van der Waals surface area (Å²) < 4.78 is 0. The average molecular weight is 205 g/mol. The van der Waals surface area contributed by atoms with Crippen LogP contribution in [0.4, 0.5) is 5.69 Å². The van der Waals surface area contributed by atoms with Gasteiger partial charge in [-0.2, -0.15) is 0 Å². The number of carboxylic acids is 1. The first kappa shape index (κ1) is 11.3. The molecule has 1 rings (SSSR count). The van der Waals surface area contributed by atoms with Crippen LogP contribution in [0.1, 0.15) is 29.8 Å². The molecule has 0 heterocycles. The molecule has 0 saturated heterocycles. The van der Waals surface area contributed by atoms with E-state index in [-0.39, 0.29) is 5.56 Å². The molecule has 0 atom stereocenters. The van der Waals surface area contributed by atoms with E-state index in [1.807, 2.05) is 26.0 Å². The largest absolute Gasteiger partial charge is 0.478 e. The van der Waals surface area contributed by atoms with E-state index in [0.717, 1.165) is 5.56 Å². The molecule has 3 N–H and O–H groups in total. The van der Waals surface area contributed by atoms with E-state index >= 15 is 0 Å². The van der Waals surface area contributed by atoms with Crippen LogP contribution in [0.25, 0.3) is 0 Å². The maximum Gasteiger partial charge on any atom is 0.337 e. The van der Waals surface area contributed by atoms with Gasteiger partial charge in [-0.25, -0.2) is 4.79 Å². The normalized spacial score (nSPS) is 9.73. The third-order valence-corrected chi connectivity index (χ3v) is 2.16. The van der Waals surface area contributed by atoms with Crippen molar-refractivity contribution in [1.82, 2.24) is 0 Å². The van der Waals surface area contributed by atoms with Gasteiger partial charge in [0.2, 0.25) is 0 Å². The Hall–Kier alpha value is -1.77. The van der Waals surface area contributed by atoms with E-state index < -0.39 is 5.97 Å². The van der Waals surface area contributed by atoms with Gasteiger partial charge in [-0.3, -0.25) is 0 Å². The molecule has 80 valence electrons. The zero-order chi connectivity index (χ0) is 11.4. The van der Waals surface area contributed by atoms with Crippen molar-refractivity contribution in [2.45, 2.75) is 20.3 Å². The van der Waals surface area contributed by atoms with Crippen LogP contribution in [0, 0.1) is 0 Å². The lowest BCUT2D eigenvalue weighted by Gasteiger charge is -2.06. The van der Waals surface area contributed by atoms with Crippen LogP contribution in [0.2, 0.25) is 0 Å². The first-order valence-electron chi connectivity index (χ1n) is 4.76. The van der Waals surface area contributed by atoms with Crippen molar-refractivity contribution in [2.24, 2.45) is 0 Å². The third-order valence-electron chi connectivity index (χ3n) is 2.16. The number of nitrogens with two attached hydrogens (primary N) is 1. The Bertz CT molecular complexity index is 404. The van der Waals surface area contributed by atoms with Crippen molar-refractivity contribution < 1.29 is 9.90 Å². The Morgan fingerprint density at radius 1 is 1.47 bits per heavy atom. The van der Waals surface area contributed by atoms with E-state index in [1.54, 1.807) is 6.07 Å². The van der Waals surface area contributed by atoms with Crippen molar-refractivity contribution >= 4 is 11.7 Å². The predicted octanol–water partition coefficient (Wildman–Crippen LogP) is 2.48.